The van der Waals surface area contributed by atoms with Gasteiger partial charge in [-0.25, -0.2) is 8.42 Å². The highest BCUT2D eigenvalue weighted by atomic mass is 32.2. The van der Waals surface area contributed by atoms with E-state index >= 15 is 0 Å². The monoisotopic (exact) mass is 270 g/mol. The van der Waals surface area contributed by atoms with E-state index in [1.54, 1.807) is 0 Å². The second kappa shape index (κ2) is 6.54. The molecule has 100 valence electrons. The van der Waals surface area contributed by atoms with Gasteiger partial charge in [-0.3, -0.25) is 4.79 Å². The summed E-state index contributed by atoms with van der Waals surface area (Å²) in [6, 6.07) is 7.40. The number of ether oxygens (including phenoxy) is 1. The van der Waals surface area contributed by atoms with Crippen molar-refractivity contribution < 1.29 is 17.9 Å². The Morgan fingerprint density at radius 3 is 2.56 bits per heavy atom. The van der Waals surface area contributed by atoms with Gasteiger partial charge in [0.15, 0.2) is 9.84 Å². The maximum absolute atomic E-state index is 11.9. The first kappa shape index (κ1) is 14.7. The number of aryl methyl sites for hydroxylation is 1. The molecule has 1 aromatic rings. The van der Waals surface area contributed by atoms with Crippen LogP contribution >= 0.6 is 0 Å². The Kier molecular flexibility index (Phi) is 5.34. The van der Waals surface area contributed by atoms with Gasteiger partial charge < -0.3 is 4.74 Å². The number of esters is 1. The predicted molar refractivity (Wildman–Crippen MR) is 69.9 cm³/mol. The Balaban J connectivity index is 2.55. The van der Waals surface area contributed by atoms with Crippen molar-refractivity contribution in [3.63, 3.8) is 0 Å². The van der Waals surface area contributed by atoms with Crippen LogP contribution in [0.15, 0.2) is 24.3 Å². The molecule has 0 bridgehead atoms. The summed E-state index contributed by atoms with van der Waals surface area (Å²) in [5, 5.41) is 0. The summed E-state index contributed by atoms with van der Waals surface area (Å²) in [5.41, 5.74) is 1.78. The third-order valence-corrected chi connectivity index (χ3v) is 4.36. The number of benzene rings is 1. The molecule has 0 spiro atoms. The van der Waals surface area contributed by atoms with E-state index in [0.717, 1.165) is 11.1 Å². The summed E-state index contributed by atoms with van der Waals surface area (Å²) in [4.78, 5) is 10.9. The molecule has 0 N–H and O–H groups in total. The molecule has 0 atom stereocenters. The molecule has 0 aliphatic carbocycles. The van der Waals surface area contributed by atoms with Crippen molar-refractivity contribution in [1.29, 1.82) is 0 Å². The number of methoxy groups -OCH3 is 1. The Hall–Kier alpha value is -1.36. The van der Waals surface area contributed by atoms with Gasteiger partial charge in [0.1, 0.15) is 0 Å². The molecule has 1 rings (SSSR count). The summed E-state index contributed by atoms with van der Waals surface area (Å²) in [5.74, 6) is -0.335. The van der Waals surface area contributed by atoms with Gasteiger partial charge in [0.25, 0.3) is 0 Å². The minimum atomic E-state index is -3.17. The molecule has 5 heteroatoms. The van der Waals surface area contributed by atoms with E-state index < -0.39 is 9.84 Å². The molecule has 18 heavy (non-hydrogen) atoms. The summed E-state index contributed by atoms with van der Waals surface area (Å²) in [6.07, 6.45) is 0.449. The van der Waals surface area contributed by atoms with E-state index in [-0.39, 0.29) is 23.9 Å². The van der Waals surface area contributed by atoms with E-state index in [2.05, 4.69) is 4.74 Å². The SMILES string of the molecule is COC(=O)CCCS(=O)(=O)Cc1ccccc1C. The smallest absolute Gasteiger partial charge is 0.305 e. The maximum Gasteiger partial charge on any atom is 0.305 e. The van der Waals surface area contributed by atoms with E-state index in [4.69, 9.17) is 0 Å². The van der Waals surface area contributed by atoms with Crippen molar-refractivity contribution in [3.05, 3.63) is 35.4 Å². The van der Waals surface area contributed by atoms with E-state index in [1.165, 1.54) is 7.11 Å². The van der Waals surface area contributed by atoms with Gasteiger partial charge in [-0.1, -0.05) is 24.3 Å². The molecular weight excluding hydrogens is 252 g/mol. The van der Waals surface area contributed by atoms with Crippen LogP contribution in [-0.4, -0.2) is 27.2 Å². The van der Waals surface area contributed by atoms with Gasteiger partial charge >= 0.3 is 5.97 Å². The fourth-order valence-electron chi connectivity index (χ4n) is 1.62. The molecule has 0 heterocycles. The molecule has 0 amide bonds. The fourth-order valence-corrected chi connectivity index (χ4v) is 3.15. The molecule has 4 nitrogen and oxygen atoms in total. The molecule has 1 aromatic carbocycles. The highest BCUT2D eigenvalue weighted by Gasteiger charge is 2.14. The van der Waals surface area contributed by atoms with Crippen LogP contribution in [0.4, 0.5) is 0 Å². The van der Waals surface area contributed by atoms with Crippen molar-refractivity contribution in [3.8, 4) is 0 Å². The Labute approximate surface area is 108 Å². The fraction of sp³-hybridized carbons (Fsp3) is 0.462. The number of rotatable bonds is 6. The normalized spacial score (nSPS) is 11.2. The third kappa shape index (κ3) is 4.87. The molecule has 0 saturated heterocycles. The van der Waals surface area contributed by atoms with E-state index in [0.29, 0.717) is 6.42 Å². The Morgan fingerprint density at radius 1 is 1.28 bits per heavy atom. The summed E-state index contributed by atoms with van der Waals surface area (Å²) in [7, 11) is -1.87. The van der Waals surface area contributed by atoms with Gasteiger partial charge in [0.05, 0.1) is 18.6 Å². The zero-order valence-electron chi connectivity index (χ0n) is 10.7. The first-order valence-electron chi connectivity index (χ1n) is 5.76. The number of hydrogen-bond acceptors (Lipinski definition) is 4. The molecule has 0 aliphatic heterocycles. The van der Waals surface area contributed by atoms with Crippen LogP contribution in [0.25, 0.3) is 0 Å². The van der Waals surface area contributed by atoms with Crippen molar-refractivity contribution in [2.24, 2.45) is 0 Å². The molecule has 0 saturated carbocycles. The number of sulfone groups is 1. The minimum Gasteiger partial charge on any atom is -0.469 e. The molecule has 0 unspecified atom stereocenters. The minimum absolute atomic E-state index is 0.0104. The summed E-state index contributed by atoms with van der Waals surface area (Å²) < 4.78 is 28.2. The lowest BCUT2D eigenvalue weighted by molar-refractivity contribution is -0.140. The van der Waals surface area contributed by atoms with Gasteiger partial charge in [-0.05, 0) is 24.5 Å². The predicted octanol–water partition coefficient (Wildman–Crippen LogP) is 1.86. The van der Waals surface area contributed by atoms with Gasteiger partial charge in [-0.2, -0.15) is 0 Å². The van der Waals surface area contributed by atoms with Crippen LogP contribution in [-0.2, 0) is 25.1 Å². The lowest BCUT2D eigenvalue weighted by atomic mass is 10.1. The van der Waals surface area contributed by atoms with Gasteiger partial charge in [-0.15, -0.1) is 0 Å². The van der Waals surface area contributed by atoms with Crippen LogP contribution < -0.4 is 0 Å². The molecule has 0 aliphatic rings. The van der Waals surface area contributed by atoms with Gasteiger partial charge in [0, 0.05) is 6.42 Å². The maximum atomic E-state index is 11.9. The van der Waals surface area contributed by atoms with Crippen LogP contribution in [0, 0.1) is 6.92 Å². The second-order valence-corrected chi connectivity index (χ2v) is 6.38. The topological polar surface area (TPSA) is 60.4 Å². The molecular formula is C13H18O4S. The van der Waals surface area contributed by atoms with Crippen LogP contribution in [0.1, 0.15) is 24.0 Å². The molecule has 0 radical (unpaired) electrons. The van der Waals surface area contributed by atoms with Crippen molar-refractivity contribution in [2.75, 3.05) is 12.9 Å². The van der Waals surface area contributed by atoms with Crippen LogP contribution in [0.5, 0.6) is 0 Å². The highest BCUT2D eigenvalue weighted by Crippen LogP contribution is 2.12. The zero-order chi connectivity index (χ0) is 13.6. The number of hydrogen-bond donors (Lipinski definition) is 0. The standard InChI is InChI=1S/C13H18O4S/c1-11-6-3-4-7-12(11)10-18(15,16)9-5-8-13(14)17-2/h3-4,6-7H,5,8-10H2,1-2H3. The Bertz CT molecular complexity index is 505. The number of carbonyl (C=O) groups is 1. The van der Waals surface area contributed by atoms with E-state index in [1.807, 2.05) is 31.2 Å². The van der Waals surface area contributed by atoms with Crippen LogP contribution in [0.2, 0.25) is 0 Å². The first-order chi connectivity index (χ1) is 8.44. The Morgan fingerprint density at radius 2 is 1.94 bits per heavy atom. The molecule has 0 fully saturated rings. The third-order valence-electron chi connectivity index (χ3n) is 2.70. The lowest BCUT2D eigenvalue weighted by Crippen LogP contribution is -2.12. The lowest BCUT2D eigenvalue weighted by Gasteiger charge is -2.06. The second-order valence-electron chi connectivity index (χ2n) is 4.20. The van der Waals surface area contributed by atoms with Gasteiger partial charge in [0.2, 0.25) is 0 Å². The summed E-state index contributed by atoms with van der Waals surface area (Å²) >= 11 is 0. The van der Waals surface area contributed by atoms with Crippen molar-refractivity contribution >= 4 is 15.8 Å². The first-order valence-corrected chi connectivity index (χ1v) is 7.58. The average Bonchev–Trinajstić information content (AvgIpc) is 2.31. The average molecular weight is 270 g/mol. The largest absolute Gasteiger partial charge is 0.469 e. The summed E-state index contributed by atoms with van der Waals surface area (Å²) in [6.45, 7) is 1.89. The quantitative estimate of drug-likeness (QED) is 0.740. The number of carbonyl (C=O) groups excluding carboxylic acids is 1. The van der Waals surface area contributed by atoms with E-state index in [9.17, 15) is 13.2 Å². The van der Waals surface area contributed by atoms with Crippen molar-refractivity contribution in [2.45, 2.75) is 25.5 Å². The van der Waals surface area contributed by atoms with Crippen molar-refractivity contribution in [1.82, 2.24) is 0 Å². The van der Waals surface area contributed by atoms with Crippen LogP contribution in [0.3, 0.4) is 0 Å². The highest BCUT2D eigenvalue weighted by molar-refractivity contribution is 7.90. The zero-order valence-corrected chi connectivity index (χ0v) is 11.5. The molecule has 0 aromatic heterocycles.